The van der Waals surface area contributed by atoms with Crippen molar-refractivity contribution in [2.75, 3.05) is 12.9 Å². The van der Waals surface area contributed by atoms with Gasteiger partial charge in [-0.05, 0) is 31.2 Å². The lowest BCUT2D eigenvalue weighted by molar-refractivity contribution is -0.135. The van der Waals surface area contributed by atoms with Crippen LogP contribution in [0.1, 0.15) is 6.92 Å². The van der Waals surface area contributed by atoms with Crippen molar-refractivity contribution >= 4 is 23.4 Å². The number of ether oxygens (including phenoxy) is 1. The number of carbonyl (C=O) groups is 1. The zero-order valence-electron chi connectivity index (χ0n) is 16.3. The monoisotopic (exact) mass is 426 g/mol. The van der Waals surface area contributed by atoms with Gasteiger partial charge >= 0.3 is 5.97 Å². The molecule has 0 atom stereocenters. The van der Waals surface area contributed by atoms with Gasteiger partial charge in [0.25, 0.3) is 0 Å². The number of carbonyl (C=O) groups excluding carboxylic acids is 1. The summed E-state index contributed by atoms with van der Waals surface area (Å²) in [5.41, 5.74) is 1.15. The van der Waals surface area contributed by atoms with Crippen molar-refractivity contribution in [3.63, 3.8) is 0 Å². The van der Waals surface area contributed by atoms with Gasteiger partial charge in [0.05, 0.1) is 12.9 Å². The topological polar surface area (TPSA) is 101 Å². The summed E-state index contributed by atoms with van der Waals surface area (Å²) < 4.78 is 19.8. The quantitative estimate of drug-likeness (QED) is 0.193. The fraction of sp³-hybridized carbons (Fsp3) is 0.143. The number of aliphatic hydroxyl groups is 1. The second-order valence-corrected chi connectivity index (χ2v) is 7.15. The van der Waals surface area contributed by atoms with Gasteiger partial charge in [-0.2, -0.15) is 0 Å². The average Bonchev–Trinajstić information content (AvgIpc) is 3.17. The second kappa shape index (κ2) is 9.36. The molecule has 30 heavy (non-hydrogen) atoms. The highest BCUT2D eigenvalue weighted by Gasteiger charge is 2.21. The molecule has 2 N–H and O–H groups in total. The molecule has 9 heteroatoms. The molecule has 0 fully saturated rings. The maximum atomic E-state index is 13.4. The highest BCUT2D eigenvalue weighted by molar-refractivity contribution is 7.99. The smallest absolute Gasteiger partial charge is 0.343 e. The third-order valence-electron chi connectivity index (χ3n) is 4.14. The Balaban J connectivity index is 2.01. The first-order chi connectivity index (χ1) is 14.4. The fourth-order valence-electron chi connectivity index (χ4n) is 2.76. The molecule has 1 aromatic heterocycles. The molecular formula is C21H19FN4O3S. The summed E-state index contributed by atoms with van der Waals surface area (Å²) in [6.45, 7) is 1.39. The Kier molecular flexibility index (Phi) is 6.63. The van der Waals surface area contributed by atoms with Crippen LogP contribution in [-0.2, 0) is 9.53 Å². The van der Waals surface area contributed by atoms with Gasteiger partial charge in [0.1, 0.15) is 17.1 Å². The largest absolute Gasteiger partial charge is 0.510 e. The number of aliphatic hydroxyl groups excluding tert-OH is 1. The molecule has 1 heterocycles. The van der Waals surface area contributed by atoms with Gasteiger partial charge in [-0.25, -0.2) is 9.18 Å². The van der Waals surface area contributed by atoms with E-state index in [2.05, 4.69) is 14.9 Å². The summed E-state index contributed by atoms with van der Waals surface area (Å²) in [6.07, 6.45) is 0. The van der Waals surface area contributed by atoms with Crippen LogP contribution in [0.2, 0.25) is 0 Å². The van der Waals surface area contributed by atoms with E-state index in [9.17, 15) is 14.3 Å². The van der Waals surface area contributed by atoms with Crippen LogP contribution in [0.4, 0.5) is 4.39 Å². The minimum absolute atomic E-state index is 0.0330. The van der Waals surface area contributed by atoms with E-state index in [4.69, 9.17) is 5.41 Å². The van der Waals surface area contributed by atoms with Crippen LogP contribution >= 0.6 is 11.8 Å². The molecule has 0 aliphatic carbocycles. The summed E-state index contributed by atoms with van der Waals surface area (Å²) >= 11 is 1.13. The van der Waals surface area contributed by atoms with Gasteiger partial charge in [0.15, 0.2) is 11.0 Å². The van der Waals surface area contributed by atoms with Gasteiger partial charge in [0.2, 0.25) is 0 Å². The van der Waals surface area contributed by atoms with E-state index in [1.54, 1.807) is 16.7 Å². The molecule has 0 saturated carbocycles. The predicted octanol–water partition coefficient (Wildman–Crippen LogP) is 4.19. The van der Waals surface area contributed by atoms with E-state index in [1.165, 1.54) is 26.2 Å². The number of methoxy groups -OCH3 is 1. The van der Waals surface area contributed by atoms with E-state index in [0.717, 1.165) is 17.3 Å². The molecule has 2 aromatic carbocycles. The molecule has 0 bridgehead atoms. The molecule has 0 radical (unpaired) electrons. The SMILES string of the molecule is COC(=O)C(C(C)=N)=C(O)CSc1nnc(-c2ccccc2)n1-c1ccc(F)cc1. The number of halogens is 1. The highest BCUT2D eigenvalue weighted by atomic mass is 32.2. The van der Waals surface area contributed by atoms with Crippen molar-refractivity contribution in [3.8, 4) is 17.1 Å². The Labute approximate surface area is 176 Å². The maximum absolute atomic E-state index is 13.4. The van der Waals surface area contributed by atoms with Crippen molar-refractivity contribution in [1.29, 1.82) is 5.41 Å². The Hall–Kier alpha value is -3.46. The Morgan fingerprint density at radius 1 is 1.17 bits per heavy atom. The van der Waals surface area contributed by atoms with Gasteiger partial charge in [0, 0.05) is 17.0 Å². The molecule has 3 rings (SSSR count). The Morgan fingerprint density at radius 3 is 2.43 bits per heavy atom. The number of benzene rings is 2. The molecule has 0 aliphatic heterocycles. The van der Waals surface area contributed by atoms with Gasteiger partial charge in [-0.15, -0.1) is 10.2 Å². The van der Waals surface area contributed by atoms with Gasteiger partial charge < -0.3 is 15.3 Å². The minimum Gasteiger partial charge on any atom is -0.510 e. The van der Waals surface area contributed by atoms with Crippen LogP contribution in [0.3, 0.4) is 0 Å². The van der Waals surface area contributed by atoms with Crippen molar-refractivity contribution in [1.82, 2.24) is 14.8 Å². The van der Waals surface area contributed by atoms with Crippen molar-refractivity contribution in [3.05, 3.63) is 71.7 Å². The molecular weight excluding hydrogens is 407 g/mol. The first kappa shape index (κ1) is 21.3. The van der Waals surface area contributed by atoms with Crippen LogP contribution < -0.4 is 0 Å². The first-order valence-electron chi connectivity index (χ1n) is 8.88. The van der Waals surface area contributed by atoms with Crippen LogP contribution in [0.5, 0.6) is 0 Å². The number of hydrogen-bond donors (Lipinski definition) is 2. The summed E-state index contributed by atoms with van der Waals surface area (Å²) in [6, 6.07) is 15.3. The van der Waals surface area contributed by atoms with Crippen LogP contribution in [0.25, 0.3) is 17.1 Å². The average molecular weight is 426 g/mol. The molecule has 0 unspecified atom stereocenters. The summed E-state index contributed by atoms with van der Waals surface area (Å²) in [5.74, 6) is -0.939. The lowest BCUT2D eigenvalue weighted by atomic mass is 10.1. The molecule has 0 aliphatic rings. The zero-order valence-corrected chi connectivity index (χ0v) is 17.1. The molecule has 154 valence electrons. The molecule has 0 saturated heterocycles. The number of hydrogen-bond acceptors (Lipinski definition) is 7. The lowest BCUT2D eigenvalue weighted by Gasteiger charge is -2.11. The summed E-state index contributed by atoms with van der Waals surface area (Å²) in [5, 5.41) is 27.0. The minimum atomic E-state index is -0.787. The number of thioether (sulfide) groups is 1. The molecule has 3 aromatic rings. The highest BCUT2D eigenvalue weighted by Crippen LogP contribution is 2.29. The third kappa shape index (κ3) is 4.57. The van der Waals surface area contributed by atoms with E-state index in [0.29, 0.717) is 16.7 Å². The predicted molar refractivity (Wildman–Crippen MR) is 113 cm³/mol. The van der Waals surface area contributed by atoms with Crippen molar-refractivity contribution in [2.45, 2.75) is 12.1 Å². The van der Waals surface area contributed by atoms with Crippen molar-refractivity contribution < 1.29 is 19.0 Å². The van der Waals surface area contributed by atoms with Crippen LogP contribution in [-0.4, -0.2) is 44.4 Å². The molecule has 0 amide bonds. The third-order valence-corrected chi connectivity index (χ3v) is 5.08. The first-order valence-corrected chi connectivity index (χ1v) is 9.86. The van der Waals surface area contributed by atoms with E-state index in [-0.39, 0.29) is 28.6 Å². The van der Waals surface area contributed by atoms with Crippen LogP contribution in [0, 0.1) is 11.2 Å². The van der Waals surface area contributed by atoms with E-state index < -0.39 is 5.97 Å². The zero-order chi connectivity index (χ0) is 21.7. The second-order valence-electron chi connectivity index (χ2n) is 6.21. The molecule has 7 nitrogen and oxygen atoms in total. The Bertz CT molecular complexity index is 1100. The fourth-order valence-corrected chi connectivity index (χ4v) is 3.58. The number of esters is 1. The van der Waals surface area contributed by atoms with Gasteiger partial charge in [-0.1, -0.05) is 42.1 Å². The number of aromatic nitrogens is 3. The number of nitrogens with zero attached hydrogens (tertiary/aromatic N) is 3. The molecule has 0 spiro atoms. The van der Waals surface area contributed by atoms with Crippen molar-refractivity contribution in [2.24, 2.45) is 0 Å². The Morgan fingerprint density at radius 2 is 1.83 bits per heavy atom. The lowest BCUT2D eigenvalue weighted by Crippen LogP contribution is -2.15. The van der Waals surface area contributed by atoms with E-state index in [1.807, 2.05) is 30.3 Å². The van der Waals surface area contributed by atoms with Gasteiger partial charge in [-0.3, -0.25) is 4.57 Å². The normalized spacial score (nSPS) is 11.7. The maximum Gasteiger partial charge on any atom is 0.343 e. The summed E-state index contributed by atoms with van der Waals surface area (Å²) in [7, 11) is 1.18. The van der Waals surface area contributed by atoms with Crippen LogP contribution in [0.15, 0.2) is 71.1 Å². The number of rotatable bonds is 7. The van der Waals surface area contributed by atoms with E-state index >= 15 is 0 Å². The number of nitrogens with one attached hydrogen (secondary N) is 1. The standard InChI is InChI=1S/C21H19FN4O3S/c1-13(23)18(20(28)29-2)17(27)12-30-21-25-24-19(14-6-4-3-5-7-14)26(21)16-10-8-15(22)9-11-16/h3-11,23,27H,12H2,1-2H3. The summed E-state index contributed by atoms with van der Waals surface area (Å²) in [4.78, 5) is 11.9.